The van der Waals surface area contributed by atoms with Crippen molar-refractivity contribution in [1.82, 2.24) is 0 Å². The normalized spacial score (nSPS) is 11.1. The van der Waals surface area contributed by atoms with Crippen LogP contribution in [0.15, 0.2) is 12.7 Å². The predicted molar refractivity (Wildman–Crippen MR) is 56.5 cm³/mol. The topological polar surface area (TPSA) is 44.8 Å². The van der Waals surface area contributed by atoms with Gasteiger partial charge in [0.05, 0.1) is 13.2 Å². The van der Waals surface area contributed by atoms with Gasteiger partial charge in [0.2, 0.25) is 8.32 Å². The quantitative estimate of drug-likeness (QED) is 0.278. The third-order valence-corrected chi connectivity index (χ3v) is 3.33. The minimum atomic E-state index is -1.89. The maximum absolute atomic E-state index is 10.8. The number of hydrogen-bond donors (Lipinski definition) is 0. The Morgan fingerprint density at radius 3 is 2.57 bits per heavy atom. The SMILES string of the molecule is C=CC(=O)OC[Si](C)(C)OCCOC. The zero-order chi connectivity index (χ0) is 11.0. The predicted octanol–water partition coefficient (Wildman–Crippen LogP) is 1.12. The van der Waals surface area contributed by atoms with Crippen molar-refractivity contribution in [1.29, 1.82) is 0 Å². The van der Waals surface area contributed by atoms with Gasteiger partial charge in [0, 0.05) is 13.2 Å². The maximum atomic E-state index is 10.8. The number of ether oxygens (including phenoxy) is 2. The van der Waals surface area contributed by atoms with Crippen molar-refractivity contribution in [2.75, 3.05) is 26.6 Å². The van der Waals surface area contributed by atoms with E-state index < -0.39 is 14.3 Å². The average Bonchev–Trinajstić information content (AvgIpc) is 2.14. The van der Waals surface area contributed by atoms with Crippen LogP contribution in [0, 0.1) is 0 Å². The summed E-state index contributed by atoms with van der Waals surface area (Å²) >= 11 is 0. The Morgan fingerprint density at radius 2 is 2.07 bits per heavy atom. The highest BCUT2D eigenvalue weighted by Crippen LogP contribution is 2.04. The molecule has 0 radical (unpaired) electrons. The Hall–Kier alpha value is -0.653. The molecule has 0 fully saturated rings. The summed E-state index contributed by atoms with van der Waals surface area (Å²) in [7, 11) is -0.270. The third kappa shape index (κ3) is 6.82. The molecule has 5 heteroatoms. The lowest BCUT2D eigenvalue weighted by atomic mass is 10.7. The van der Waals surface area contributed by atoms with Gasteiger partial charge in [-0.25, -0.2) is 4.79 Å². The van der Waals surface area contributed by atoms with Gasteiger partial charge < -0.3 is 13.9 Å². The standard InChI is InChI=1S/C9H18O4Si/c1-5-9(10)12-8-14(3,4)13-7-6-11-2/h5H,1,6-8H2,2-4H3. The van der Waals surface area contributed by atoms with Crippen molar-refractivity contribution in [3.8, 4) is 0 Å². The van der Waals surface area contributed by atoms with E-state index in [1.165, 1.54) is 0 Å². The van der Waals surface area contributed by atoms with E-state index in [-0.39, 0.29) is 0 Å². The van der Waals surface area contributed by atoms with Crippen LogP contribution in [-0.2, 0) is 18.7 Å². The number of carbonyl (C=O) groups is 1. The van der Waals surface area contributed by atoms with Gasteiger partial charge in [-0.15, -0.1) is 0 Å². The summed E-state index contributed by atoms with van der Waals surface area (Å²) in [5.41, 5.74) is 0. The highest BCUT2D eigenvalue weighted by Gasteiger charge is 2.24. The number of methoxy groups -OCH3 is 1. The molecule has 0 aliphatic rings. The second-order valence-electron chi connectivity index (χ2n) is 3.41. The molecule has 0 atom stereocenters. The van der Waals surface area contributed by atoms with E-state index in [9.17, 15) is 4.79 Å². The summed E-state index contributed by atoms with van der Waals surface area (Å²) in [6, 6.07) is 0. The Kier molecular flexibility index (Phi) is 6.43. The van der Waals surface area contributed by atoms with E-state index in [4.69, 9.17) is 13.9 Å². The summed E-state index contributed by atoms with van der Waals surface area (Å²) in [6.07, 6.45) is 1.50. The molecule has 0 aliphatic heterocycles. The number of esters is 1. The van der Waals surface area contributed by atoms with Crippen molar-refractivity contribution in [2.24, 2.45) is 0 Å². The van der Waals surface area contributed by atoms with E-state index in [0.717, 1.165) is 6.08 Å². The Balaban J connectivity index is 3.70. The summed E-state index contributed by atoms with van der Waals surface area (Å²) in [6.45, 7) is 8.39. The molecule has 0 amide bonds. The Labute approximate surface area is 86.0 Å². The zero-order valence-corrected chi connectivity index (χ0v) is 10.0. The molecular weight excluding hydrogens is 200 g/mol. The molecule has 0 spiro atoms. The molecule has 14 heavy (non-hydrogen) atoms. The van der Waals surface area contributed by atoms with E-state index in [1.807, 2.05) is 13.1 Å². The fourth-order valence-electron chi connectivity index (χ4n) is 0.747. The van der Waals surface area contributed by atoms with E-state index in [1.54, 1.807) is 7.11 Å². The third-order valence-electron chi connectivity index (χ3n) is 1.51. The van der Waals surface area contributed by atoms with Crippen molar-refractivity contribution in [3.05, 3.63) is 12.7 Å². The summed E-state index contributed by atoms with van der Waals surface area (Å²) in [4.78, 5) is 10.8. The largest absolute Gasteiger partial charge is 0.463 e. The lowest BCUT2D eigenvalue weighted by Gasteiger charge is -2.21. The molecule has 0 aromatic heterocycles. The molecule has 0 aromatic rings. The van der Waals surface area contributed by atoms with E-state index >= 15 is 0 Å². The van der Waals surface area contributed by atoms with Crippen LogP contribution in [0.4, 0.5) is 0 Å². The zero-order valence-electron chi connectivity index (χ0n) is 9.04. The fraction of sp³-hybridized carbons (Fsp3) is 0.667. The molecule has 0 aromatic carbocycles. The van der Waals surface area contributed by atoms with Crippen molar-refractivity contribution < 1.29 is 18.7 Å². The molecule has 0 saturated heterocycles. The van der Waals surface area contributed by atoms with Crippen LogP contribution in [0.5, 0.6) is 0 Å². The molecule has 0 unspecified atom stereocenters. The number of hydrogen-bond acceptors (Lipinski definition) is 4. The first-order valence-corrected chi connectivity index (χ1v) is 7.55. The van der Waals surface area contributed by atoms with Crippen LogP contribution < -0.4 is 0 Å². The van der Waals surface area contributed by atoms with Gasteiger partial charge in [-0.1, -0.05) is 6.58 Å². The second kappa shape index (κ2) is 6.75. The average molecular weight is 218 g/mol. The first kappa shape index (κ1) is 13.3. The smallest absolute Gasteiger partial charge is 0.329 e. The fourth-order valence-corrected chi connectivity index (χ4v) is 1.96. The van der Waals surface area contributed by atoms with Gasteiger partial charge in [0.25, 0.3) is 0 Å². The molecule has 0 aliphatic carbocycles. The lowest BCUT2D eigenvalue weighted by Crippen LogP contribution is -2.38. The monoisotopic (exact) mass is 218 g/mol. The van der Waals surface area contributed by atoms with Gasteiger partial charge in [-0.2, -0.15) is 0 Å². The molecule has 82 valence electrons. The van der Waals surface area contributed by atoms with Crippen molar-refractivity contribution in [2.45, 2.75) is 13.1 Å². The summed E-state index contributed by atoms with van der Waals surface area (Å²) in [5, 5.41) is 0. The van der Waals surface area contributed by atoms with Crippen LogP contribution in [0.25, 0.3) is 0 Å². The number of rotatable bonds is 7. The van der Waals surface area contributed by atoms with Gasteiger partial charge in [0.1, 0.15) is 6.23 Å². The van der Waals surface area contributed by atoms with Crippen LogP contribution in [-0.4, -0.2) is 40.8 Å². The van der Waals surface area contributed by atoms with Crippen LogP contribution in [0.3, 0.4) is 0 Å². The maximum Gasteiger partial charge on any atom is 0.329 e. The highest BCUT2D eigenvalue weighted by molar-refractivity contribution is 6.71. The molecule has 0 heterocycles. The van der Waals surface area contributed by atoms with Crippen LogP contribution in [0.2, 0.25) is 13.1 Å². The molecule has 4 nitrogen and oxygen atoms in total. The summed E-state index contributed by atoms with van der Waals surface area (Å²) in [5.74, 6) is -0.402. The minimum Gasteiger partial charge on any atom is -0.463 e. The molecular formula is C9H18O4Si. The van der Waals surface area contributed by atoms with Gasteiger partial charge in [0.15, 0.2) is 0 Å². The van der Waals surface area contributed by atoms with Crippen molar-refractivity contribution >= 4 is 14.3 Å². The van der Waals surface area contributed by atoms with Crippen molar-refractivity contribution in [3.63, 3.8) is 0 Å². The first-order valence-electron chi connectivity index (χ1n) is 4.44. The lowest BCUT2D eigenvalue weighted by molar-refractivity contribution is -0.136. The minimum absolute atomic E-state index is 0.349. The summed E-state index contributed by atoms with van der Waals surface area (Å²) < 4.78 is 15.4. The van der Waals surface area contributed by atoms with Gasteiger partial charge in [-0.05, 0) is 13.1 Å². The molecule has 0 saturated carbocycles. The van der Waals surface area contributed by atoms with E-state index in [0.29, 0.717) is 19.4 Å². The Morgan fingerprint density at radius 1 is 1.43 bits per heavy atom. The number of carbonyl (C=O) groups excluding carboxylic acids is 1. The second-order valence-corrected chi connectivity index (χ2v) is 7.51. The van der Waals surface area contributed by atoms with Crippen LogP contribution >= 0.6 is 0 Å². The molecule has 0 rings (SSSR count). The molecule has 0 bridgehead atoms. The first-order chi connectivity index (χ1) is 6.52. The Bertz CT molecular complexity index is 191. The van der Waals surface area contributed by atoms with Crippen LogP contribution in [0.1, 0.15) is 0 Å². The van der Waals surface area contributed by atoms with E-state index in [2.05, 4.69) is 6.58 Å². The highest BCUT2D eigenvalue weighted by atomic mass is 28.4. The van der Waals surface area contributed by atoms with Gasteiger partial charge >= 0.3 is 5.97 Å². The molecule has 0 N–H and O–H groups in total. The van der Waals surface area contributed by atoms with Gasteiger partial charge in [-0.3, -0.25) is 0 Å².